The number of hydrogen-bond acceptors (Lipinski definition) is 5. The third kappa shape index (κ3) is 3.90. The molecule has 0 aliphatic rings. The van der Waals surface area contributed by atoms with Crippen molar-refractivity contribution < 1.29 is 9.90 Å². The van der Waals surface area contributed by atoms with Crippen molar-refractivity contribution in [3.05, 3.63) is 38.5 Å². The van der Waals surface area contributed by atoms with Crippen LogP contribution in [0.15, 0.2) is 23.0 Å². The molecule has 2 rings (SSSR count). The lowest BCUT2D eigenvalue weighted by Crippen LogP contribution is -2.38. The van der Waals surface area contributed by atoms with Gasteiger partial charge in [0.2, 0.25) is 0 Å². The summed E-state index contributed by atoms with van der Waals surface area (Å²) in [6.07, 6.45) is 1.60. The van der Waals surface area contributed by atoms with E-state index >= 15 is 0 Å². The SMILES string of the molecule is CC(C)(C)c1ncc(C(=O)NCC(C)(O)c2ccsc2)s1. The van der Waals surface area contributed by atoms with E-state index in [-0.39, 0.29) is 17.9 Å². The number of aliphatic hydroxyl groups is 1. The highest BCUT2D eigenvalue weighted by Crippen LogP contribution is 2.27. The first-order chi connectivity index (χ1) is 9.70. The summed E-state index contributed by atoms with van der Waals surface area (Å²) < 4.78 is 0. The monoisotopic (exact) mass is 324 g/mol. The van der Waals surface area contributed by atoms with Gasteiger partial charge in [-0.3, -0.25) is 4.79 Å². The highest BCUT2D eigenvalue weighted by atomic mass is 32.1. The Morgan fingerprint density at radius 1 is 1.38 bits per heavy atom. The van der Waals surface area contributed by atoms with Crippen molar-refractivity contribution in [2.45, 2.75) is 38.7 Å². The van der Waals surface area contributed by atoms with E-state index in [9.17, 15) is 9.90 Å². The summed E-state index contributed by atoms with van der Waals surface area (Å²) in [4.78, 5) is 17.0. The molecule has 21 heavy (non-hydrogen) atoms. The van der Waals surface area contributed by atoms with Crippen molar-refractivity contribution in [2.75, 3.05) is 6.54 Å². The molecule has 0 aliphatic carbocycles. The molecule has 1 atom stereocenters. The van der Waals surface area contributed by atoms with Gasteiger partial charge in [-0.2, -0.15) is 11.3 Å². The second kappa shape index (κ2) is 5.87. The number of carbonyl (C=O) groups excluding carboxylic acids is 1. The van der Waals surface area contributed by atoms with Crippen LogP contribution in [-0.2, 0) is 11.0 Å². The van der Waals surface area contributed by atoms with Crippen LogP contribution in [0, 0.1) is 0 Å². The van der Waals surface area contributed by atoms with Crippen molar-refractivity contribution in [2.24, 2.45) is 0 Å². The fraction of sp³-hybridized carbons (Fsp3) is 0.467. The van der Waals surface area contributed by atoms with E-state index in [0.717, 1.165) is 10.6 Å². The molecule has 0 saturated heterocycles. The van der Waals surface area contributed by atoms with Crippen LogP contribution in [0.3, 0.4) is 0 Å². The van der Waals surface area contributed by atoms with Gasteiger partial charge in [-0.25, -0.2) is 4.98 Å². The summed E-state index contributed by atoms with van der Waals surface area (Å²) >= 11 is 2.92. The summed E-state index contributed by atoms with van der Waals surface area (Å²) in [5.74, 6) is -0.196. The van der Waals surface area contributed by atoms with Crippen molar-refractivity contribution in [1.29, 1.82) is 0 Å². The number of carbonyl (C=O) groups is 1. The third-order valence-electron chi connectivity index (χ3n) is 3.11. The molecule has 2 aromatic heterocycles. The minimum Gasteiger partial charge on any atom is -0.384 e. The molecule has 1 unspecified atom stereocenters. The topological polar surface area (TPSA) is 62.2 Å². The number of rotatable bonds is 4. The van der Waals surface area contributed by atoms with E-state index in [1.54, 1.807) is 13.1 Å². The van der Waals surface area contributed by atoms with Crippen molar-refractivity contribution in [3.8, 4) is 0 Å². The van der Waals surface area contributed by atoms with Gasteiger partial charge < -0.3 is 10.4 Å². The number of thiophene rings is 1. The van der Waals surface area contributed by atoms with Crippen LogP contribution < -0.4 is 5.32 Å². The Morgan fingerprint density at radius 3 is 2.62 bits per heavy atom. The first kappa shape index (κ1) is 16.1. The molecule has 6 heteroatoms. The smallest absolute Gasteiger partial charge is 0.263 e. The van der Waals surface area contributed by atoms with Crippen LogP contribution in [0.2, 0.25) is 0 Å². The van der Waals surface area contributed by atoms with Gasteiger partial charge in [0.25, 0.3) is 5.91 Å². The van der Waals surface area contributed by atoms with Gasteiger partial charge in [-0.05, 0) is 29.3 Å². The van der Waals surface area contributed by atoms with Gasteiger partial charge >= 0.3 is 0 Å². The van der Waals surface area contributed by atoms with E-state index in [4.69, 9.17) is 0 Å². The highest BCUT2D eigenvalue weighted by Gasteiger charge is 2.25. The quantitative estimate of drug-likeness (QED) is 0.908. The molecule has 0 bridgehead atoms. The molecule has 0 aromatic carbocycles. The Labute approximate surface area is 132 Å². The Morgan fingerprint density at radius 2 is 2.10 bits per heavy atom. The average Bonchev–Trinajstić information content (AvgIpc) is 3.05. The van der Waals surface area contributed by atoms with Gasteiger partial charge in [-0.15, -0.1) is 11.3 Å². The minimum atomic E-state index is -1.06. The summed E-state index contributed by atoms with van der Waals surface area (Å²) in [5, 5.41) is 17.9. The molecule has 0 radical (unpaired) electrons. The molecule has 1 amide bonds. The number of nitrogens with zero attached hydrogens (tertiary/aromatic N) is 1. The number of thiazole rings is 1. The zero-order chi connectivity index (χ0) is 15.7. The standard InChI is InChI=1S/C15H20N2O2S2/c1-14(2,3)13-16-7-11(21-13)12(18)17-9-15(4,19)10-5-6-20-8-10/h5-8,19H,9H2,1-4H3,(H,17,18). The number of nitrogens with one attached hydrogen (secondary N) is 1. The van der Waals surface area contributed by atoms with Crippen LogP contribution in [0.4, 0.5) is 0 Å². The maximum Gasteiger partial charge on any atom is 0.263 e. The lowest BCUT2D eigenvalue weighted by Gasteiger charge is -2.22. The maximum absolute atomic E-state index is 12.2. The van der Waals surface area contributed by atoms with Crippen molar-refractivity contribution in [3.63, 3.8) is 0 Å². The van der Waals surface area contributed by atoms with Crippen LogP contribution in [0.1, 0.15) is 47.9 Å². The summed E-state index contributed by atoms with van der Waals surface area (Å²) in [6.45, 7) is 8.06. The molecule has 0 fully saturated rings. The van der Waals surface area contributed by atoms with E-state index in [0.29, 0.717) is 4.88 Å². The molecule has 0 saturated carbocycles. The first-order valence-corrected chi connectivity index (χ1v) is 8.45. The van der Waals surface area contributed by atoms with Gasteiger partial charge in [0.15, 0.2) is 0 Å². The van der Waals surface area contributed by atoms with Crippen LogP contribution in [-0.4, -0.2) is 22.5 Å². The van der Waals surface area contributed by atoms with E-state index in [1.807, 2.05) is 16.8 Å². The van der Waals surface area contributed by atoms with Gasteiger partial charge in [0.1, 0.15) is 10.5 Å². The predicted molar refractivity (Wildman–Crippen MR) is 87.0 cm³/mol. The lowest BCUT2D eigenvalue weighted by molar-refractivity contribution is 0.0531. The Hall–Kier alpha value is -1.24. The Kier molecular flexibility index (Phi) is 4.51. The molecule has 114 valence electrons. The normalized spacial score (nSPS) is 14.7. The van der Waals surface area contributed by atoms with Gasteiger partial charge in [0, 0.05) is 5.41 Å². The second-order valence-electron chi connectivity index (χ2n) is 6.25. The second-order valence-corrected chi connectivity index (χ2v) is 8.06. The summed E-state index contributed by atoms with van der Waals surface area (Å²) in [7, 11) is 0. The van der Waals surface area contributed by atoms with Gasteiger partial charge in [-0.1, -0.05) is 20.8 Å². The molecule has 0 aliphatic heterocycles. The largest absolute Gasteiger partial charge is 0.384 e. The predicted octanol–water partition coefficient (Wildman–Crippen LogP) is 3.14. The average molecular weight is 324 g/mol. The fourth-order valence-electron chi connectivity index (χ4n) is 1.74. The summed E-state index contributed by atoms with van der Waals surface area (Å²) in [6, 6.07) is 1.86. The molecule has 0 spiro atoms. The molecular weight excluding hydrogens is 304 g/mol. The Bertz CT molecular complexity index is 610. The fourth-order valence-corrected chi connectivity index (χ4v) is 3.41. The van der Waals surface area contributed by atoms with Crippen molar-refractivity contribution in [1.82, 2.24) is 10.3 Å². The minimum absolute atomic E-state index is 0.0641. The highest BCUT2D eigenvalue weighted by molar-refractivity contribution is 7.13. The number of hydrogen-bond donors (Lipinski definition) is 2. The van der Waals surface area contributed by atoms with Crippen molar-refractivity contribution >= 4 is 28.6 Å². The van der Waals surface area contributed by atoms with E-state index in [1.165, 1.54) is 22.7 Å². The molecule has 4 nitrogen and oxygen atoms in total. The molecule has 2 heterocycles. The third-order valence-corrected chi connectivity index (χ3v) is 5.21. The summed E-state index contributed by atoms with van der Waals surface area (Å²) in [5.41, 5.74) is -0.314. The van der Waals surface area contributed by atoms with E-state index < -0.39 is 5.60 Å². The van der Waals surface area contributed by atoms with Crippen LogP contribution in [0.25, 0.3) is 0 Å². The number of amides is 1. The maximum atomic E-state index is 12.2. The molecular formula is C15H20N2O2S2. The first-order valence-electron chi connectivity index (χ1n) is 6.70. The zero-order valence-corrected chi connectivity index (χ0v) is 14.3. The molecule has 2 aromatic rings. The number of aromatic nitrogens is 1. The van der Waals surface area contributed by atoms with Gasteiger partial charge in [0.05, 0.1) is 17.7 Å². The van der Waals surface area contributed by atoms with E-state index in [2.05, 4.69) is 31.1 Å². The molecule has 2 N–H and O–H groups in total. The Balaban J connectivity index is 2.01. The van der Waals surface area contributed by atoms with Crippen LogP contribution >= 0.6 is 22.7 Å². The zero-order valence-electron chi connectivity index (χ0n) is 12.6. The lowest BCUT2D eigenvalue weighted by atomic mass is 9.98. The van der Waals surface area contributed by atoms with Crippen LogP contribution in [0.5, 0.6) is 0 Å².